The van der Waals surface area contributed by atoms with Crippen LogP contribution >= 0.6 is 0 Å². The number of nitrogens with zero attached hydrogens (tertiary/aromatic N) is 2. The molecule has 3 aromatic carbocycles. The minimum atomic E-state index is -4.27. The van der Waals surface area contributed by atoms with Gasteiger partial charge in [0.05, 0.1) is 29.3 Å². The highest BCUT2D eigenvalue weighted by atomic mass is 32.2. The van der Waals surface area contributed by atoms with Gasteiger partial charge in [-0.25, -0.2) is 13.2 Å². The number of hydrogen-bond donors (Lipinski definition) is 3. The van der Waals surface area contributed by atoms with Crippen LogP contribution in [-0.2, 0) is 25.8 Å². The van der Waals surface area contributed by atoms with Gasteiger partial charge in [0.15, 0.2) is 6.10 Å². The molecule has 2 atom stereocenters. The number of ether oxygens (including phenoxy) is 2. The molecule has 0 radical (unpaired) electrons. The van der Waals surface area contributed by atoms with Crippen LogP contribution in [0.1, 0.15) is 35.4 Å². The summed E-state index contributed by atoms with van der Waals surface area (Å²) in [6, 6.07) is 24.8. The topological polar surface area (TPSA) is 218 Å². The van der Waals surface area contributed by atoms with Crippen molar-refractivity contribution in [3.63, 3.8) is 0 Å². The molecule has 0 spiro atoms. The largest absolute Gasteiger partial charge is 0.464 e. The van der Waals surface area contributed by atoms with Gasteiger partial charge in [0, 0.05) is 12.5 Å². The molecule has 49 heavy (non-hydrogen) atoms. The number of aromatic amines is 1. The summed E-state index contributed by atoms with van der Waals surface area (Å²) in [5.41, 5.74) is 2.23. The molecule has 0 saturated heterocycles. The van der Waals surface area contributed by atoms with Gasteiger partial charge in [0.1, 0.15) is 0 Å². The third-order valence-corrected chi connectivity index (χ3v) is 9.01. The lowest BCUT2D eigenvalue weighted by Gasteiger charge is -2.21. The minimum absolute atomic E-state index is 0.0869. The highest BCUT2D eigenvalue weighted by molar-refractivity contribution is 7.91. The maximum atomic E-state index is 12.9. The molecule has 0 unspecified atom stereocenters. The molecule has 2 aromatic heterocycles. The fraction of sp³-hybridized carbons (Fsp3) is 0.242. The van der Waals surface area contributed by atoms with Gasteiger partial charge in [0.2, 0.25) is 5.76 Å². The highest BCUT2D eigenvalue weighted by Crippen LogP contribution is 2.25. The van der Waals surface area contributed by atoms with Crippen LogP contribution in [-0.4, -0.2) is 61.1 Å². The van der Waals surface area contributed by atoms with E-state index in [1.165, 1.54) is 24.3 Å². The van der Waals surface area contributed by atoms with Crippen molar-refractivity contribution >= 4 is 21.7 Å². The molecule has 0 aliphatic carbocycles. The average molecular weight is 693 g/mol. The van der Waals surface area contributed by atoms with Crippen LogP contribution in [0.25, 0.3) is 11.1 Å². The standard InChI is InChI=1S/C33H32N4O11S/c38-27(33(41)46-18-8-7-17-45-31-32(37(42)48-36-31)49(43,44)26-11-5-2-6-12-26)20-25(34-30(40)28-21-29(39)35-47-28)19-22-13-15-24(16-14-22)23-9-3-1-4-10-23/h1-6,9-16,21,25,27,38H,7-8,17-20H2,(H,34,40)(H,35,39)/t25-,27-/m1/s1. The predicted molar refractivity (Wildman–Crippen MR) is 170 cm³/mol. The number of aromatic nitrogens is 3. The number of aliphatic hydroxyl groups is 1. The molecule has 0 bridgehead atoms. The van der Waals surface area contributed by atoms with Crippen LogP contribution < -0.4 is 20.5 Å². The Labute approximate surface area is 279 Å². The molecule has 3 N–H and O–H groups in total. The zero-order valence-electron chi connectivity index (χ0n) is 25.9. The number of unbranched alkanes of at least 4 members (excludes halogenated alkanes) is 1. The molecule has 0 fully saturated rings. The summed E-state index contributed by atoms with van der Waals surface area (Å²) in [5, 5.41) is 30.0. The highest BCUT2D eigenvalue weighted by Gasteiger charge is 2.35. The summed E-state index contributed by atoms with van der Waals surface area (Å²) in [5.74, 6) is -2.39. The Morgan fingerprint density at radius 3 is 2.29 bits per heavy atom. The number of hydrogen-bond acceptors (Lipinski definition) is 12. The number of carbonyl (C=O) groups is 2. The Morgan fingerprint density at radius 2 is 1.61 bits per heavy atom. The smallest absolute Gasteiger partial charge is 0.414 e. The maximum Gasteiger partial charge on any atom is 0.414 e. The number of H-pyrrole nitrogens is 1. The Balaban J connectivity index is 1.12. The second kappa shape index (κ2) is 15.9. The third kappa shape index (κ3) is 9.00. The molecule has 256 valence electrons. The second-order valence-electron chi connectivity index (χ2n) is 10.8. The molecular weight excluding hydrogens is 660 g/mol. The first-order valence-corrected chi connectivity index (χ1v) is 16.6. The number of carbonyl (C=O) groups excluding carboxylic acids is 2. The Bertz CT molecular complexity index is 2010. The van der Waals surface area contributed by atoms with Crippen molar-refractivity contribution < 1.29 is 46.6 Å². The number of rotatable bonds is 16. The van der Waals surface area contributed by atoms with E-state index in [4.69, 9.17) is 14.0 Å². The van der Waals surface area contributed by atoms with Gasteiger partial charge in [-0.1, -0.05) is 72.8 Å². The zero-order chi connectivity index (χ0) is 34.8. The molecule has 16 heteroatoms. The predicted octanol–water partition coefficient (Wildman–Crippen LogP) is 2.58. The Kier molecular flexibility index (Phi) is 11.2. The first-order valence-electron chi connectivity index (χ1n) is 15.1. The number of sulfone groups is 1. The van der Waals surface area contributed by atoms with E-state index in [2.05, 4.69) is 15.1 Å². The van der Waals surface area contributed by atoms with Crippen LogP contribution in [0.5, 0.6) is 5.88 Å². The number of benzene rings is 3. The second-order valence-corrected chi connectivity index (χ2v) is 12.7. The van der Waals surface area contributed by atoms with Gasteiger partial charge in [-0.3, -0.25) is 14.2 Å². The first-order chi connectivity index (χ1) is 23.6. The number of esters is 1. The van der Waals surface area contributed by atoms with E-state index in [1.54, 1.807) is 6.07 Å². The average Bonchev–Trinajstić information content (AvgIpc) is 3.72. The van der Waals surface area contributed by atoms with Gasteiger partial charge in [-0.05, 0) is 53.0 Å². The van der Waals surface area contributed by atoms with Gasteiger partial charge in [0.25, 0.3) is 21.3 Å². The van der Waals surface area contributed by atoms with E-state index in [0.717, 1.165) is 22.8 Å². The molecule has 0 aliphatic rings. The zero-order valence-corrected chi connectivity index (χ0v) is 26.7. The lowest BCUT2D eigenvalue weighted by atomic mass is 9.97. The van der Waals surface area contributed by atoms with Crippen LogP contribution in [0.15, 0.2) is 115 Å². The van der Waals surface area contributed by atoms with Crippen LogP contribution in [0.4, 0.5) is 0 Å². The van der Waals surface area contributed by atoms with E-state index in [-0.39, 0.29) is 54.5 Å². The lowest BCUT2D eigenvalue weighted by Crippen LogP contribution is -2.41. The first kappa shape index (κ1) is 34.6. The number of aliphatic hydroxyl groups excluding tert-OH is 1. The summed E-state index contributed by atoms with van der Waals surface area (Å²) in [6.45, 7) is -0.197. The van der Waals surface area contributed by atoms with Crippen LogP contribution in [0, 0.1) is 5.21 Å². The van der Waals surface area contributed by atoms with E-state index < -0.39 is 50.3 Å². The normalized spacial score (nSPS) is 12.6. The molecule has 0 aliphatic heterocycles. The lowest BCUT2D eigenvalue weighted by molar-refractivity contribution is -0.832. The van der Waals surface area contributed by atoms with E-state index in [0.29, 0.717) is 0 Å². The quantitative estimate of drug-likeness (QED) is 0.0772. The summed E-state index contributed by atoms with van der Waals surface area (Å²) in [7, 11) is -4.27. The SMILES string of the molecule is O=C(N[C@H](Cc1ccc(-c2ccccc2)cc1)C[C@@H](O)C(=O)OCCCCOc1no[n+]([O-])c1S(=O)(=O)c1ccccc1)c1cc(=O)[nH]o1. The monoisotopic (exact) mass is 692 g/mol. The van der Waals surface area contributed by atoms with Crippen LogP contribution in [0.2, 0.25) is 0 Å². The molecule has 5 aromatic rings. The van der Waals surface area contributed by atoms with Gasteiger partial charge in [-0.2, -0.15) is 5.16 Å². The van der Waals surface area contributed by atoms with Crippen molar-refractivity contribution in [1.29, 1.82) is 0 Å². The summed E-state index contributed by atoms with van der Waals surface area (Å²) in [6.07, 6.45) is -1.04. The molecular formula is C33H32N4O11S. The van der Waals surface area contributed by atoms with Gasteiger partial charge >= 0.3 is 16.9 Å². The van der Waals surface area contributed by atoms with Crippen molar-refractivity contribution in [2.75, 3.05) is 13.2 Å². The fourth-order valence-electron chi connectivity index (χ4n) is 4.84. The Hall–Kier alpha value is -5.74. The van der Waals surface area contributed by atoms with Gasteiger partial charge in [-0.15, -0.1) is 0 Å². The van der Waals surface area contributed by atoms with Gasteiger partial charge < -0.3 is 29.6 Å². The van der Waals surface area contributed by atoms with E-state index >= 15 is 0 Å². The molecule has 0 saturated carbocycles. The Morgan fingerprint density at radius 1 is 0.959 bits per heavy atom. The maximum absolute atomic E-state index is 12.9. The van der Waals surface area contributed by atoms with Crippen LogP contribution in [0.3, 0.4) is 0 Å². The van der Waals surface area contributed by atoms with E-state index in [9.17, 15) is 33.1 Å². The van der Waals surface area contributed by atoms with Crippen molar-refractivity contribution in [3.8, 4) is 17.0 Å². The minimum Gasteiger partial charge on any atom is -0.464 e. The molecule has 5 rings (SSSR count). The summed E-state index contributed by atoms with van der Waals surface area (Å²) >= 11 is 0. The van der Waals surface area contributed by atoms with Crippen molar-refractivity contribution in [2.24, 2.45) is 0 Å². The van der Waals surface area contributed by atoms with Crippen molar-refractivity contribution in [2.45, 2.75) is 47.8 Å². The number of nitrogens with one attached hydrogen (secondary N) is 2. The molecule has 15 nitrogen and oxygen atoms in total. The molecule has 1 amide bonds. The summed E-state index contributed by atoms with van der Waals surface area (Å²) < 4.78 is 45.6. The summed E-state index contributed by atoms with van der Waals surface area (Å²) in [4.78, 5) is 36.4. The number of amides is 1. The van der Waals surface area contributed by atoms with Crippen molar-refractivity contribution in [3.05, 3.63) is 118 Å². The van der Waals surface area contributed by atoms with E-state index in [1.807, 2.05) is 59.8 Å². The fourth-order valence-corrected chi connectivity index (χ4v) is 6.14. The third-order valence-electron chi connectivity index (χ3n) is 7.28. The van der Waals surface area contributed by atoms with Crippen molar-refractivity contribution in [1.82, 2.24) is 15.6 Å². The molecule has 2 heterocycles.